The predicted octanol–water partition coefficient (Wildman–Crippen LogP) is 4.73. The van der Waals surface area contributed by atoms with Gasteiger partial charge in [0, 0.05) is 4.88 Å². The van der Waals surface area contributed by atoms with E-state index in [9.17, 15) is 9.59 Å². The first kappa shape index (κ1) is 20.6. The number of hydrogen-bond donors (Lipinski definition) is 0. The molecule has 29 heavy (non-hydrogen) atoms. The minimum Gasteiger partial charge on any atom is -0.461 e. The smallest absolute Gasteiger partial charge is 0.326 e. The molecule has 6 heteroatoms. The first-order chi connectivity index (χ1) is 13.7. The van der Waals surface area contributed by atoms with Gasteiger partial charge in [-0.3, -0.25) is 14.2 Å². The fourth-order valence-corrected chi connectivity index (χ4v) is 6.23. The van der Waals surface area contributed by atoms with Crippen molar-refractivity contribution >= 4 is 27.5 Å². The Morgan fingerprint density at radius 1 is 1.24 bits per heavy atom. The van der Waals surface area contributed by atoms with Gasteiger partial charge in [-0.1, -0.05) is 27.7 Å². The SMILES string of the molecule is C[C@@H]1CCc2c(sc3ncn(CC(=O)OC4CCC(C(C)(C)C)CC4)c(=O)c23)C1. The molecule has 4 rings (SSSR count). The molecular formula is C23H32N2O3S. The minimum atomic E-state index is -0.329. The van der Waals surface area contributed by atoms with Gasteiger partial charge in [-0.25, -0.2) is 4.98 Å². The third-order valence-corrected chi connectivity index (χ3v) is 7.94. The Kier molecular flexibility index (Phi) is 5.58. The average Bonchev–Trinajstić information content (AvgIpc) is 3.02. The largest absolute Gasteiger partial charge is 0.461 e. The molecule has 0 radical (unpaired) electrons. The maximum Gasteiger partial charge on any atom is 0.326 e. The Morgan fingerprint density at radius 2 is 1.97 bits per heavy atom. The zero-order valence-corrected chi connectivity index (χ0v) is 18.8. The normalized spacial score (nSPS) is 25.0. The van der Waals surface area contributed by atoms with Gasteiger partial charge in [0.05, 0.1) is 11.7 Å². The lowest BCUT2D eigenvalue weighted by Gasteiger charge is -2.36. The van der Waals surface area contributed by atoms with Gasteiger partial charge in [-0.05, 0) is 67.8 Å². The van der Waals surface area contributed by atoms with Crippen LogP contribution in [0.5, 0.6) is 0 Å². The van der Waals surface area contributed by atoms with Crippen LogP contribution in [0.4, 0.5) is 0 Å². The van der Waals surface area contributed by atoms with Gasteiger partial charge in [0.1, 0.15) is 17.5 Å². The molecule has 2 aliphatic carbocycles. The predicted molar refractivity (Wildman–Crippen MR) is 116 cm³/mol. The first-order valence-electron chi connectivity index (χ1n) is 10.9. The number of esters is 1. The summed E-state index contributed by atoms with van der Waals surface area (Å²) >= 11 is 1.64. The summed E-state index contributed by atoms with van der Waals surface area (Å²) in [4.78, 5) is 32.1. The van der Waals surface area contributed by atoms with Crippen LogP contribution in [0.2, 0.25) is 0 Å². The van der Waals surface area contributed by atoms with Crippen LogP contribution in [0.3, 0.4) is 0 Å². The quantitative estimate of drug-likeness (QED) is 0.679. The third-order valence-electron chi connectivity index (χ3n) is 6.78. The summed E-state index contributed by atoms with van der Waals surface area (Å²) in [6.45, 7) is 9.04. The van der Waals surface area contributed by atoms with Crippen LogP contribution in [0.1, 0.15) is 70.2 Å². The number of hydrogen-bond acceptors (Lipinski definition) is 5. The second kappa shape index (κ2) is 7.86. The van der Waals surface area contributed by atoms with Crippen molar-refractivity contribution in [2.75, 3.05) is 0 Å². The van der Waals surface area contributed by atoms with E-state index in [2.05, 4.69) is 32.7 Å². The fraction of sp³-hybridized carbons (Fsp3) is 0.696. The summed E-state index contributed by atoms with van der Waals surface area (Å²) in [5, 5.41) is 0.720. The molecule has 0 bridgehead atoms. The molecule has 0 spiro atoms. The van der Waals surface area contributed by atoms with Crippen molar-refractivity contribution in [2.45, 2.75) is 85.3 Å². The van der Waals surface area contributed by atoms with E-state index < -0.39 is 0 Å². The average molecular weight is 417 g/mol. The van der Waals surface area contributed by atoms with Crippen LogP contribution in [0.25, 0.3) is 10.2 Å². The number of carbonyl (C=O) groups is 1. The van der Waals surface area contributed by atoms with E-state index in [1.54, 1.807) is 11.3 Å². The van der Waals surface area contributed by atoms with Crippen LogP contribution in [-0.4, -0.2) is 21.6 Å². The molecule has 1 atom stereocenters. The van der Waals surface area contributed by atoms with Crippen LogP contribution < -0.4 is 5.56 Å². The highest BCUT2D eigenvalue weighted by Gasteiger charge is 2.31. The summed E-state index contributed by atoms with van der Waals surface area (Å²) < 4.78 is 7.13. The van der Waals surface area contributed by atoms with Crippen LogP contribution in [-0.2, 0) is 28.9 Å². The number of thiophene rings is 1. The molecule has 5 nitrogen and oxygen atoms in total. The van der Waals surface area contributed by atoms with Crippen molar-refractivity contribution in [1.29, 1.82) is 0 Å². The Bertz CT molecular complexity index is 961. The standard InChI is InChI=1S/C23H32N2O3S/c1-14-5-10-17-18(11-14)29-21-20(17)22(27)25(13-24-21)12-19(26)28-16-8-6-15(7-9-16)23(2,3)4/h13-16H,5-12H2,1-4H3/t14-,15?,16?/m1/s1. The number of aromatic nitrogens is 2. The van der Waals surface area contributed by atoms with E-state index in [4.69, 9.17) is 4.74 Å². The van der Waals surface area contributed by atoms with Crippen LogP contribution in [0, 0.1) is 17.3 Å². The molecule has 2 heterocycles. The van der Waals surface area contributed by atoms with Crippen molar-refractivity contribution in [1.82, 2.24) is 9.55 Å². The summed E-state index contributed by atoms with van der Waals surface area (Å²) in [5.41, 5.74) is 1.36. The highest BCUT2D eigenvalue weighted by molar-refractivity contribution is 7.18. The van der Waals surface area contributed by atoms with E-state index in [0.29, 0.717) is 17.3 Å². The molecular weight excluding hydrogens is 384 g/mol. The number of rotatable bonds is 3. The topological polar surface area (TPSA) is 61.2 Å². The van der Waals surface area contributed by atoms with Gasteiger partial charge in [0.2, 0.25) is 0 Å². The number of ether oxygens (including phenoxy) is 1. The molecule has 0 aliphatic heterocycles. The second-order valence-corrected chi connectivity index (χ2v) is 11.1. The molecule has 0 amide bonds. The highest BCUT2D eigenvalue weighted by Crippen LogP contribution is 2.38. The molecule has 0 aromatic carbocycles. The zero-order valence-electron chi connectivity index (χ0n) is 18.0. The molecule has 2 aromatic rings. The Morgan fingerprint density at radius 3 is 2.66 bits per heavy atom. The van der Waals surface area contributed by atoms with Crippen molar-refractivity contribution in [2.24, 2.45) is 17.3 Å². The Labute approximate surface area is 176 Å². The molecule has 2 aliphatic rings. The lowest BCUT2D eigenvalue weighted by molar-refractivity contribution is -0.152. The first-order valence-corrected chi connectivity index (χ1v) is 11.7. The molecule has 1 fully saturated rings. The zero-order chi connectivity index (χ0) is 20.8. The summed E-state index contributed by atoms with van der Waals surface area (Å²) in [7, 11) is 0. The summed E-state index contributed by atoms with van der Waals surface area (Å²) in [5.74, 6) is 1.01. The number of nitrogens with zero attached hydrogens (tertiary/aromatic N) is 2. The summed E-state index contributed by atoms with van der Waals surface area (Å²) in [6, 6.07) is 0. The minimum absolute atomic E-state index is 0.0242. The van der Waals surface area contributed by atoms with Gasteiger partial charge in [-0.15, -0.1) is 11.3 Å². The molecule has 158 valence electrons. The van der Waals surface area contributed by atoms with E-state index in [1.165, 1.54) is 15.8 Å². The van der Waals surface area contributed by atoms with Gasteiger partial charge in [-0.2, -0.15) is 0 Å². The highest BCUT2D eigenvalue weighted by atomic mass is 32.1. The monoisotopic (exact) mass is 416 g/mol. The Balaban J connectivity index is 1.44. The van der Waals surface area contributed by atoms with Crippen molar-refractivity contribution in [3.05, 3.63) is 27.1 Å². The maximum absolute atomic E-state index is 13.0. The van der Waals surface area contributed by atoms with Crippen LogP contribution >= 0.6 is 11.3 Å². The summed E-state index contributed by atoms with van der Waals surface area (Å²) in [6.07, 6.45) is 8.55. The molecule has 0 N–H and O–H groups in total. The molecule has 0 saturated heterocycles. The van der Waals surface area contributed by atoms with Gasteiger partial charge in [0.15, 0.2) is 0 Å². The van der Waals surface area contributed by atoms with E-state index >= 15 is 0 Å². The number of carbonyl (C=O) groups excluding carboxylic acids is 1. The van der Waals surface area contributed by atoms with Crippen molar-refractivity contribution in [3.63, 3.8) is 0 Å². The number of aryl methyl sites for hydroxylation is 1. The van der Waals surface area contributed by atoms with Crippen molar-refractivity contribution < 1.29 is 9.53 Å². The molecule has 2 aromatic heterocycles. The lowest BCUT2D eigenvalue weighted by atomic mass is 9.72. The fourth-order valence-electron chi connectivity index (χ4n) is 4.89. The maximum atomic E-state index is 13.0. The van der Waals surface area contributed by atoms with Gasteiger partial charge >= 0.3 is 5.97 Å². The van der Waals surface area contributed by atoms with E-state index in [0.717, 1.165) is 60.7 Å². The molecule has 0 unspecified atom stereocenters. The number of fused-ring (bicyclic) bond motifs is 3. The van der Waals surface area contributed by atoms with E-state index in [1.807, 2.05) is 0 Å². The second-order valence-electron chi connectivity index (χ2n) is 10.0. The Hall–Kier alpha value is -1.69. The van der Waals surface area contributed by atoms with Crippen molar-refractivity contribution in [3.8, 4) is 0 Å². The molecule has 1 saturated carbocycles. The van der Waals surface area contributed by atoms with E-state index in [-0.39, 0.29) is 24.2 Å². The van der Waals surface area contributed by atoms with Gasteiger partial charge < -0.3 is 4.74 Å². The lowest BCUT2D eigenvalue weighted by Crippen LogP contribution is -2.32. The van der Waals surface area contributed by atoms with Gasteiger partial charge in [0.25, 0.3) is 5.56 Å². The third kappa shape index (κ3) is 4.27. The van der Waals surface area contributed by atoms with Crippen LogP contribution in [0.15, 0.2) is 11.1 Å².